The predicted octanol–water partition coefficient (Wildman–Crippen LogP) is 3.47. The first-order valence-electron chi connectivity index (χ1n) is 8.46. The monoisotopic (exact) mass is 326 g/mol. The van der Waals surface area contributed by atoms with E-state index in [4.69, 9.17) is 0 Å². The largest absolute Gasteiger partial charge is 0.342 e. The number of hydrogen-bond donors (Lipinski definition) is 0. The summed E-state index contributed by atoms with van der Waals surface area (Å²) in [6.45, 7) is 5.36. The number of benzene rings is 1. The van der Waals surface area contributed by atoms with E-state index < -0.39 is 0 Å². The van der Waals surface area contributed by atoms with E-state index in [-0.39, 0.29) is 11.7 Å². The van der Waals surface area contributed by atoms with Gasteiger partial charge in [0.05, 0.1) is 12.1 Å². The minimum Gasteiger partial charge on any atom is -0.342 e. The van der Waals surface area contributed by atoms with Crippen LogP contribution < -0.4 is 0 Å². The molecule has 3 rings (SSSR count). The smallest absolute Gasteiger partial charge is 0.228 e. The Labute approximate surface area is 142 Å². The molecular formula is C20H23FN2O. The van der Waals surface area contributed by atoms with Gasteiger partial charge in [0, 0.05) is 19.3 Å². The number of likely N-dealkylation sites (tertiary alicyclic amines) is 1. The van der Waals surface area contributed by atoms with E-state index in [9.17, 15) is 9.18 Å². The SMILES string of the molecule is Cc1cc(CC2CCN(C(=O)Cc3ncccc3C)C2)ccc1F. The Bertz CT molecular complexity index is 744. The van der Waals surface area contributed by atoms with Crippen molar-refractivity contribution in [2.75, 3.05) is 13.1 Å². The van der Waals surface area contributed by atoms with Crippen LogP contribution in [0.5, 0.6) is 0 Å². The van der Waals surface area contributed by atoms with Crippen molar-refractivity contribution in [2.24, 2.45) is 5.92 Å². The molecule has 0 radical (unpaired) electrons. The van der Waals surface area contributed by atoms with Gasteiger partial charge in [-0.2, -0.15) is 0 Å². The Kier molecular flexibility index (Phi) is 4.93. The van der Waals surface area contributed by atoms with Crippen LogP contribution in [-0.2, 0) is 17.6 Å². The number of rotatable bonds is 4. The molecule has 0 bridgehead atoms. The number of hydrogen-bond acceptors (Lipinski definition) is 2. The van der Waals surface area contributed by atoms with Crippen molar-refractivity contribution < 1.29 is 9.18 Å². The lowest BCUT2D eigenvalue weighted by Gasteiger charge is -2.17. The van der Waals surface area contributed by atoms with Crippen molar-refractivity contribution in [3.8, 4) is 0 Å². The van der Waals surface area contributed by atoms with Crippen LogP contribution in [0.3, 0.4) is 0 Å². The summed E-state index contributed by atoms with van der Waals surface area (Å²) >= 11 is 0. The Morgan fingerprint density at radius 3 is 2.88 bits per heavy atom. The molecule has 0 N–H and O–H groups in total. The minimum atomic E-state index is -0.160. The highest BCUT2D eigenvalue weighted by molar-refractivity contribution is 5.78. The van der Waals surface area contributed by atoms with Crippen molar-refractivity contribution >= 4 is 5.91 Å². The molecule has 2 heterocycles. The fourth-order valence-corrected chi connectivity index (χ4v) is 3.35. The molecule has 3 nitrogen and oxygen atoms in total. The molecule has 0 saturated carbocycles. The summed E-state index contributed by atoms with van der Waals surface area (Å²) in [6.07, 6.45) is 4.01. The van der Waals surface area contributed by atoms with E-state index >= 15 is 0 Å². The van der Waals surface area contributed by atoms with Crippen LogP contribution in [0, 0.1) is 25.6 Å². The molecule has 1 fully saturated rings. The third-order valence-corrected chi connectivity index (χ3v) is 4.82. The summed E-state index contributed by atoms with van der Waals surface area (Å²) < 4.78 is 13.4. The third kappa shape index (κ3) is 3.81. The Morgan fingerprint density at radius 2 is 2.12 bits per heavy atom. The van der Waals surface area contributed by atoms with Gasteiger partial charge in [0.25, 0.3) is 0 Å². The van der Waals surface area contributed by atoms with E-state index in [0.29, 0.717) is 17.9 Å². The number of carbonyl (C=O) groups excluding carboxylic acids is 1. The van der Waals surface area contributed by atoms with Crippen molar-refractivity contribution in [1.29, 1.82) is 0 Å². The summed E-state index contributed by atoms with van der Waals surface area (Å²) in [7, 11) is 0. The van der Waals surface area contributed by atoms with Gasteiger partial charge in [0.2, 0.25) is 5.91 Å². The average molecular weight is 326 g/mol. The molecule has 24 heavy (non-hydrogen) atoms. The lowest BCUT2D eigenvalue weighted by atomic mass is 9.97. The standard InChI is InChI=1S/C20H23FN2O/c1-14-4-3-8-22-19(14)12-20(24)23-9-7-17(13-23)11-16-5-6-18(21)15(2)10-16/h3-6,8,10,17H,7,9,11-13H2,1-2H3. The number of aromatic nitrogens is 1. The number of pyridine rings is 1. The zero-order valence-electron chi connectivity index (χ0n) is 14.3. The maximum absolute atomic E-state index is 13.4. The summed E-state index contributed by atoms with van der Waals surface area (Å²) in [5.41, 5.74) is 3.75. The van der Waals surface area contributed by atoms with Gasteiger partial charge in [0.15, 0.2) is 0 Å². The van der Waals surface area contributed by atoms with Crippen LogP contribution in [0.25, 0.3) is 0 Å². The van der Waals surface area contributed by atoms with Crippen molar-refractivity contribution in [3.63, 3.8) is 0 Å². The molecule has 126 valence electrons. The topological polar surface area (TPSA) is 33.2 Å². The molecule has 1 aromatic heterocycles. The molecule has 1 unspecified atom stereocenters. The lowest BCUT2D eigenvalue weighted by Crippen LogP contribution is -2.30. The van der Waals surface area contributed by atoms with Gasteiger partial charge in [-0.05, 0) is 61.4 Å². The van der Waals surface area contributed by atoms with Crippen LogP contribution >= 0.6 is 0 Å². The van der Waals surface area contributed by atoms with Gasteiger partial charge in [0.1, 0.15) is 5.82 Å². The summed E-state index contributed by atoms with van der Waals surface area (Å²) in [4.78, 5) is 18.8. The average Bonchev–Trinajstić information content (AvgIpc) is 3.02. The van der Waals surface area contributed by atoms with E-state index in [1.165, 1.54) is 6.07 Å². The lowest BCUT2D eigenvalue weighted by molar-refractivity contribution is -0.129. The Balaban J connectivity index is 1.57. The normalized spacial score (nSPS) is 17.3. The van der Waals surface area contributed by atoms with Gasteiger partial charge in [-0.3, -0.25) is 9.78 Å². The van der Waals surface area contributed by atoms with E-state index in [2.05, 4.69) is 4.98 Å². The first-order valence-corrected chi connectivity index (χ1v) is 8.46. The Morgan fingerprint density at radius 1 is 1.29 bits per heavy atom. The van der Waals surface area contributed by atoms with Crippen LogP contribution in [0.2, 0.25) is 0 Å². The second-order valence-corrected chi connectivity index (χ2v) is 6.73. The summed E-state index contributed by atoms with van der Waals surface area (Å²) in [5, 5.41) is 0. The molecule has 4 heteroatoms. The van der Waals surface area contributed by atoms with Crippen LogP contribution in [-0.4, -0.2) is 28.9 Å². The molecule has 1 aliphatic heterocycles. The van der Waals surface area contributed by atoms with Gasteiger partial charge < -0.3 is 4.90 Å². The van der Waals surface area contributed by atoms with Crippen LogP contribution in [0.1, 0.15) is 28.8 Å². The van der Waals surface area contributed by atoms with Crippen molar-refractivity contribution in [2.45, 2.75) is 33.1 Å². The van der Waals surface area contributed by atoms with Crippen LogP contribution in [0.15, 0.2) is 36.5 Å². The highest BCUT2D eigenvalue weighted by Gasteiger charge is 2.26. The predicted molar refractivity (Wildman–Crippen MR) is 92.2 cm³/mol. The highest BCUT2D eigenvalue weighted by Crippen LogP contribution is 2.23. The molecule has 1 aliphatic rings. The maximum atomic E-state index is 13.4. The molecule has 1 aromatic carbocycles. The van der Waals surface area contributed by atoms with Gasteiger partial charge in [-0.25, -0.2) is 4.39 Å². The first kappa shape index (κ1) is 16.6. The number of nitrogens with zero attached hydrogens (tertiary/aromatic N) is 2. The number of amides is 1. The zero-order chi connectivity index (χ0) is 17.1. The molecular weight excluding hydrogens is 303 g/mol. The second kappa shape index (κ2) is 7.12. The van der Waals surface area contributed by atoms with E-state index in [1.54, 1.807) is 13.1 Å². The first-order chi connectivity index (χ1) is 11.5. The summed E-state index contributed by atoms with van der Waals surface area (Å²) in [6, 6.07) is 9.17. The maximum Gasteiger partial charge on any atom is 0.228 e. The van der Waals surface area contributed by atoms with E-state index in [0.717, 1.165) is 42.8 Å². The Hall–Kier alpha value is -2.23. The molecule has 1 saturated heterocycles. The number of halogens is 1. The molecule has 0 spiro atoms. The van der Waals surface area contributed by atoms with Crippen molar-refractivity contribution in [1.82, 2.24) is 9.88 Å². The number of carbonyl (C=O) groups is 1. The fraction of sp³-hybridized carbons (Fsp3) is 0.400. The van der Waals surface area contributed by atoms with Crippen molar-refractivity contribution in [3.05, 3.63) is 64.7 Å². The molecule has 2 aromatic rings. The molecule has 0 aliphatic carbocycles. The fourth-order valence-electron chi connectivity index (χ4n) is 3.35. The quantitative estimate of drug-likeness (QED) is 0.862. The van der Waals surface area contributed by atoms with Gasteiger partial charge >= 0.3 is 0 Å². The van der Waals surface area contributed by atoms with Crippen LogP contribution in [0.4, 0.5) is 4.39 Å². The third-order valence-electron chi connectivity index (χ3n) is 4.82. The second-order valence-electron chi connectivity index (χ2n) is 6.73. The van der Waals surface area contributed by atoms with E-state index in [1.807, 2.05) is 36.1 Å². The number of aryl methyl sites for hydroxylation is 2. The molecule has 1 amide bonds. The minimum absolute atomic E-state index is 0.148. The molecule has 1 atom stereocenters. The highest BCUT2D eigenvalue weighted by atomic mass is 19.1. The van der Waals surface area contributed by atoms with Gasteiger partial charge in [-0.15, -0.1) is 0 Å². The summed E-state index contributed by atoms with van der Waals surface area (Å²) in [5.74, 6) is 0.436. The zero-order valence-corrected chi connectivity index (χ0v) is 14.3. The van der Waals surface area contributed by atoms with Gasteiger partial charge in [-0.1, -0.05) is 18.2 Å².